The highest BCUT2D eigenvalue weighted by molar-refractivity contribution is 6.31. The molecule has 0 saturated heterocycles. The van der Waals surface area contributed by atoms with Gasteiger partial charge in [-0.1, -0.05) is 23.7 Å². The van der Waals surface area contributed by atoms with Gasteiger partial charge in [-0.15, -0.1) is 0 Å². The van der Waals surface area contributed by atoms with Gasteiger partial charge >= 0.3 is 0 Å². The summed E-state index contributed by atoms with van der Waals surface area (Å²) in [4.78, 5) is 0. The van der Waals surface area contributed by atoms with Crippen molar-refractivity contribution in [2.75, 3.05) is 0 Å². The van der Waals surface area contributed by atoms with Crippen LogP contribution in [0.5, 0.6) is 0 Å². The van der Waals surface area contributed by atoms with Crippen LogP contribution in [-0.2, 0) is 6.42 Å². The monoisotopic (exact) mass is 170 g/mol. The average molecular weight is 171 g/mol. The molecule has 2 heteroatoms. The van der Waals surface area contributed by atoms with Crippen LogP contribution in [0.1, 0.15) is 23.7 Å². The quantitative estimate of drug-likeness (QED) is 0.561. The Morgan fingerprint density at radius 3 is 3.00 bits per heavy atom. The van der Waals surface area contributed by atoms with E-state index < -0.39 is 6.17 Å². The minimum absolute atomic E-state index is 0.576. The van der Waals surface area contributed by atoms with Gasteiger partial charge in [-0.3, -0.25) is 0 Å². The lowest BCUT2D eigenvalue weighted by molar-refractivity contribution is 0.344. The van der Waals surface area contributed by atoms with E-state index >= 15 is 0 Å². The van der Waals surface area contributed by atoms with E-state index in [1.807, 2.05) is 12.1 Å². The molecule has 1 atom stereocenters. The zero-order valence-corrected chi connectivity index (χ0v) is 6.74. The van der Waals surface area contributed by atoms with Crippen molar-refractivity contribution in [2.24, 2.45) is 0 Å². The molecule has 0 amide bonds. The van der Waals surface area contributed by atoms with E-state index in [1.54, 1.807) is 6.07 Å². The molecule has 0 saturated carbocycles. The van der Waals surface area contributed by atoms with E-state index in [-0.39, 0.29) is 0 Å². The first-order chi connectivity index (χ1) is 5.29. The van der Waals surface area contributed by atoms with Crippen LogP contribution < -0.4 is 0 Å². The van der Waals surface area contributed by atoms with Gasteiger partial charge < -0.3 is 0 Å². The van der Waals surface area contributed by atoms with Crippen molar-refractivity contribution in [3.8, 4) is 0 Å². The molecule has 1 aliphatic rings. The Morgan fingerprint density at radius 2 is 2.27 bits per heavy atom. The van der Waals surface area contributed by atoms with E-state index in [2.05, 4.69) is 0 Å². The number of halogens is 2. The number of fused-ring (bicyclic) bond motifs is 1. The van der Waals surface area contributed by atoms with Gasteiger partial charge in [0.25, 0.3) is 0 Å². The van der Waals surface area contributed by atoms with Crippen molar-refractivity contribution in [1.82, 2.24) is 0 Å². The second-order valence-electron chi connectivity index (χ2n) is 2.82. The normalized spacial score (nSPS) is 21.8. The molecule has 0 heterocycles. The van der Waals surface area contributed by atoms with E-state index in [4.69, 9.17) is 11.6 Å². The summed E-state index contributed by atoms with van der Waals surface area (Å²) in [5.74, 6) is 0. The minimum atomic E-state index is -0.835. The van der Waals surface area contributed by atoms with Crippen molar-refractivity contribution in [2.45, 2.75) is 19.0 Å². The van der Waals surface area contributed by atoms with Crippen molar-refractivity contribution >= 4 is 11.6 Å². The number of hydrogen-bond acceptors (Lipinski definition) is 0. The Morgan fingerprint density at radius 1 is 1.45 bits per heavy atom. The Hall–Kier alpha value is -0.560. The highest BCUT2D eigenvalue weighted by Gasteiger charge is 2.23. The fraction of sp³-hybridized carbons (Fsp3) is 0.333. The third-order valence-corrected chi connectivity index (χ3v) is 2.45. The maximum absolute atomic E-state index is 13.1. The summed E-state index contributed by atoms with van der Waals surface area (Å²) >= 11 is 5.82. The van der Waals surface area contributed by atoms with Crippen LogP contribution in [0, 0.1) is 0 Å². The molecule has 1 unspecified atom stereocenters. The molecular weight excluding hydrogens is 163 g/mol. The van der Waals surface area contributed by atoms with Crippen LogP contribution in [0.25, 0.3) is 0 Å². The highest BCUT2D eigenvalue weighted by atomic mass is 35.5. The van der Waals surface area contributed by atoms with Crippen LogP contribution in [0.15, 0.2) is 18.2 Å². The van der Waals surface area contributed by atoms with Crippen molar-refractivity contribution in [3.63, 3.8) is 0 Å². The maximum Gasteiger partial charge on any atom is 0.127 e. The van der Waals surface area contributed by atoms with Crippen molar-refractivity contribution in [1.29, 1.82) is 0 Å². The van der Waals surface area contributed by atoms with E-state index in [0.717, 1.165) is 12.0 Å². The summed E-state index contributed by atoms with van der Waals surface area (Å²) in [6.07, 6.45) is 0.592. The molecule has 2 rings (SSSR count). The van der Waals surface area contributed by atoms with Gasteiger partial charge in [0.2, 0.25) is 0 Å². The molecule has 58 valence electrons. The van der Waals surface area contributed by atoms with Gasteiger partial charge in [-0.25, -0.2) is 4.39 Å². The minimum Gasteiger partial charge on any atom is -0.242 e. The second kappa shape index (κ2) is 2.49. The van der Waals surface area contributed by atoms with Gasteiger partial charge in [-0.2, -0.15) is 0 Å². The summed E-state index contributed by atoms with van der Waals surface area (Å²) in [5.41, 5.74) is 1.79. The van der Waals surface area contributed by atoms with Gasteiger partial charge in [0.1, 0.15) is 6.17 Å². The van der Waals surface area contributed by atoms with E-state index in [0.29, 0.717) is 17.0 Å². The van der Waals surface area contributed by atoms with Gasteiger partial charge in [0, 0.05) is 10.6 Å². The molecule has 0 nitrogen and oxygen atoms in total. The first kappa shape index (κ1) is 7.11. The number of benzene rings is 1. The Balaban J connectivity index is 2.58. The predicted octanol–water partition coefficient (Wildman–Crippen LogP) is 3.30. The zero-order valence-electron chi connectivity index (χ0n) is 5.98. The van der Waals surface area contributed by atoms with Gasteiger partial charge in [0.15, 0.2) is 0 Å². The van der Waals surface area contributed by atoms with Crippen molar-refractivity contribution < 1.29 is 4.39 Å². The first-order valence-electron chi connectivity index (χ1n) is 3.70. The third-order valence-electron chi connectivity index (χ3n) is 2.12. The lowest BCUT2D eigenvalue weighted by atomic mass is 10.1. The third kappa shape index (κ3) is 1.04. The van der Waals surface area contributed by atoms with Crippen LogP contribution in [-0.4, -0.2) is 0 Å². The molecule has 1 aliphatic carbocycles. The summed E-state index contributed by atoms with van der Waals surface area (Å²) in [5, 5.41) is 0.576. The SMILES string of the molecule is FC1CCc2cccc(Cl)c21. The van der Waals surface area contributed by atoms with Crippen LogP contribution in [0.3, 0.4) is 0 Å². The molecule has 1 aromatic rings. The molecule has 0 aliphatic heterocycles. The number of hydrogen-bond donors (Lipinski definition) is 0. The molecule has 0 N–H and O–H groups in total. The standard InChI is InChI=1S/C9H8ClF/c10-7-3-1-2-6-4-5-8(11)9(6)7/h1-3,8H,4-5H2. The van der Waals surface area contributed by atoms with Gasteiger partial charge in [-0.05, 0) is 24.5 Å². The van der Waals surface area contributed by atoms with Crippen LogP contribution in [0.4, 0.5) is 4.39 Å². The summed E-state index contributed by atoms with van der Waals surface area (Å²) in [6.45, 7) is 0. The number of aryl methyl sites for hydroxylation is 1. The number of rotatable bonds is 0. The highest BCUT2D eigenvalue weighted by Crippen LogP contribution is 2.38. The maximum atomic E-state index is 13.1. The van der Waals surface area contributed by atoms with Crippen molar-refractivity contribution in [3.05, 3.63) is 34.3 Å². The summed E-state index contributed by atoms with van der Waals surface area (Å²) < 4.78 is 13.1. The van der Waals surface area contributed by atoms with Crippen LogP contribution in [0.2, 0.25) is 5.02 Å². The fourth-order valence-electron chi connectivity index (χ4n) is 1.58. The first-order valence-corrected chi connectivity index (χ1v) is 4.08. The lowest BCUT2D eigenvalue weighted by Crippen LogP contribution is -1.85. The molecule has 0 bridgehead atoms. The summed E-state index contributed by atoms with van der Waals surface area (Å²) in [6, 6.07) is 5.57. The molecule has 11 heavy (non-hydrogen) atoms. The number of alkyl halides is 1. The average Bonchev–Trinajstić information content (AvgIpc) is 2.34. The molecule has 0 fully saturated rings. The predicted molar refractivity (Wildman–Crippen MR) is 43.6 cm³/mol. The largest absolute Gasteiger partial charge is 0.242 e. The summed E-state index contributed by atoms with van der Waals surface area (Å²) in [7, 11) is 0. The molecule has 0 aromatic heterocycles. The topological polar surface area (TPSA) is 0 Å². The fourth-order valence-corrected chi connectivity index (χ4v) is 1.89. The molecule has 1 aromatic carbocycles. The van der Waals surface area contributed by atoms with Crippen LogP contribution >= 0.6 is 11.6 Å². The van der Waals surface area contributed by atoms with E-state index in [1.165, 1.54) is 0 Å². The zero-order chi connectivity index (χ0) is 7.84. The molecular formula is C9H8ClF. The molecule has 0 radical (unpaired) electrons. The lowest BCUT2D eigenvalue weighted by Gasteiger charge is -2.02. The van der Waals surface area contributed by atoms with E-state index in [9.17, 15) is 4.39 Å². The second-order valence-corrected chi connectivity index (χ2v) is 3.23. The Kier molecular flexibility index (Phi) is 1.61. The Labute approximate surface area is 70.0 Å². The Bertz CT molecular complexity index is 283. The molecule has 0 spiro atoms. The smallest absolute Gasteiger partial charge is 0.127 e. The van der Waals surface area contributed by atoms with Gasteiger partial charge in [0.05, 0.1) is 0 Å².